The van der Waals surface area contributed by atoms with Crippen molar-refractivity contribution in [3.8, 4) is 0 Å². The van der Waals surface area contributed by atoms with Gasteiger partial charge in [0.25, 0.3) is 0 Å². The number of amides is 2. The third-order valence-corrected chi connectivity index (χ3v) is 4.62. The van der Waals surface area contributed by atoms with E-state index in [4.69, 9.17) is 23.2 Å². The SMILES string of the molecule is CCCCNC(=O)[C@@H](CC)N(Cc1c(Cl)cccc1Cl)C(=O)CC. The topological polar surface area (TPSA) is 49.4 Å². The zero-order valence-electron chi connectivity index (χ0n) is 14.6. The molecule has 1 rings (SSSR count). The van der Waals surface area contributed by atoms with Crippen LogP contribution in [0.4, 0.5) is 0 Å². The van der Waals surface area contributed by atoms with Gasteiger partial charge in [0.15, 0.2) is 0 Å². The minimum atomic E-state index is -0.526. The van der Waals surface area contributed by atoms with Crippen LogP contribution in [0.1, 0.15) is 52.0 Å². The summed E-state index contributed by atoms with van der Waals surface area (Å²) in [4.78, 5) is 26.5. The van der Waals surface area contributed by atoms with Crippen molar-refractivity contribution in [3.05, 3.63) is 33.8 Å². The molecule has 134 valence electrons. The van der Waals surface area contributed by atoms with Crippen LogP contribution in [-0.4, -0.2) is 29.3 Å². The molecule has 4 nitrogen and oxygen atoms in total. The van der Waals surface area contributed by atoms with Crippen molar-refractivity contribution in [3.63, 3.8) is 0 Å². The summed E-state index contributed by atoms with van der Waals surface area (Å²) < 4.78 is 0. The average molecular weight is 373 g/mol. The lowest BCUT2D eigenvalue weighted by Gasteiger charge is -2.31. The summed E-state index contributed by atoms with van der Waals surface area (Å²) in [6.07, 6.45) is 2.77. The zero-order valence-corrected chi connectivity index (χ0v) is 16.1. The smallest absolute Gasteiger partial charge is 0.242 e. The van der Waals surface area contributed by atoms with Gasteiger partial charge in [0.1, 0.15) is 6.04 Å². The first kappa shape index (κ1) is 20.8. The van der Waals surface area contributed by atoms with E-state index in [1.807, 2.05) is 6.92 Å². The molecule has 0 radical (unpaired) electrons. The molecule has 0 saturated carbocycles. The third kappa shape index (κ3) is 5.67. The molecule has 6 heteroatoms. The van der Waals surface area contributed by atoms with Crippen molar-refractivity contribution in [2.75, 3.05) is 6.54 Å². The Bertz CT molecular complexity index is 544. The number of nitrogens with zero attached hydrogens (tertiary/aromatic N) is 1. The van der Waals surface area contributed by atoms with Gasteiger partial charge in [-0.1, -0.05) is 56.5 Å². The molecule has 0 bridgehead atoms. The van der Waals surface area contributed by atoms with Crippen LogP contribution in [0.3, 0.4) is 0 Å². The van der Waals surface area contributed by atoms with Crippen molar-refractivity contribution in [1.82, 2.24) is 10.2 Å². The summed E-state index contributed by atoms with van der Waals surface area (Å²) in [6, 6.07) is 4.70. The van der Waals surface area contributed by atoms with E-state index in [2.05, 4.69) is 12.2 Å². The second-order valence-electron chi connectivity index (χ2n) is 5.64. The Kier molecular flexibility index (Phi) is 9.16. The van der Waals surface area contributed by atoms with E-state index in [0.29, 0.717) is 35.0 Å². The van der Waals surface area contributed by atoms with Crippen LogP contribution >= 0.6 is 23.2 Å². The molecule has 1 aromatic carbocycles. The monoisotopic (exact) mass is 372 g/mol. The molecule has 0 heterocycles. The first-order valence-corrected chi connectivity index (χ1v) is 9.21. The standard InChI is InChI=1S/C18H26Cl2N2O2/c1-4-7-11-21-18(24)16(5-2)22(17(23)6-3)12-13-14(19)9-8-10-15(13)20/h8-10,16H,4-7,11-12H2,1-3H3,(H,21,24)/t16-/m1/s1. The molecule has 0 aliphatic rings. The van der Waals surface area contributed by atoms with Gasteiger partial charge in [-0.3, -0.25) is 9.59 Å². The van der Waals surface area contributed by atoms with E-state index in [-0.39, 0.29) is 18.4 Å². The third-order valence-electron chi connectivity index (χ3n) is 3.91. The van der Waals surface area contributed by atoms with Crippen LogP contribution in [0.15, 0.2) is 18.2 Å². The molecule has 0 aromatic heterocycles. The van der Waals surface area contributed by atoms with E-state index < -0.39 is 6.04 Å². The van der Waals surface area contributed by atoms with Gasteiger partial charge in [-0.2, -0.15) is 0 Å². The lowest BCUT2D eigenvalue weighted by atomic mass is 10.1. The minimum Gasteiger partial charge on any atom is -0.354 e. The van der Waals surface area contributed by atoms with Crippen molar-refractivity contribution < 1.29 is 9.59 Å². The van der Waals surface area contributed by atoms with Gasteiger partial charge in [-0.05, 0) is 25.0 Å². The normalized spacial score (nSPS) is 11.9. The van der Waals surface area contributed by atoms with Crippen LogP contribution in [0.25, 0.3) is 0 Å². The van der Waals surface area contributed by atoms with E-state index in [1.54, 1.807) is 30.0 Å². The lowest BCUT2D eigenvalue weighted by Crippen LogP contribution is -2.49. The van der Waals surface area contributed by atoms with Crippen LogP contribution < -0.4 is 5.32 Å². The van der Waals surface area contributed by atoms with Gasteiger partial charge in [0.05, 0.1) is 0 Å². The average Bonchev–Trinajstić information content (AvgIpc) is 2.56. The molecule has 0 spiro atoms. The molecule has 0 aliphatic heterocycles. The number of hydrogen-bond acceptors (Lipinski definition) is 2. The van der Waals surface area contributed by atoms with Crippen molar-refractivity contribution in [1.29, 1.82) is 0 Å². The number of halogens is 2. The summed E-state index contributed by atoms with van der Waals surface area (Å²) in [5.74, 6) is -0.223. The molecule has 0 aliphatic carbocycles. The van der Waals surface area contributed by atoms with Crippen LogP contribution in [0.5, 0.6) is 0 Å². The molecule has 0 saturated heterocycles. The number of carbonyl (C=O) groups excluding carboxylic acids is 2. The summed E-state index contributed by atoms with van der Waals surface area (Å²) >= 11 is 12.5. The highest BCUT2D eigenvalue weighted by Crippen LogP contribution is 2.27. The minimum absolute atomic E-state index is 0.0940. The molecular formula is C18H26Cl2N2O2. The predicted molar refractivity (Wildman–Crippen MR) is 99.3 cm³/mol. The van der Waals surface area contributed by atoms with Crippen LogP contribution in [0, 0.1) is 0 Å². The summed E-state index contributed by atoms with van der Waals surface area (Å²) in [6.45, 7) is 6.59. The maximum Gasteiger partial charge on any atom is 0.242 e. The molecule has 24 heavy (non-hydrogen) atoms. The van der Waals surface area contributed by atoms with Gasteiger partial charge in [-0.25, -0.2) is 0 Å². The molecule has 1 N–H and O–H groups in total. The van der Waals surface area contributed by atoms with Gasteiger partial charge in [0.2, 0.25) is 11.8 Å². The van der Waals surface area contributed by atoms with Crippen LogP contribution in [-0.2, 0) is 16.1 Å². The van der Waals surface area contributed by atoms with E-state index in [9.17, 15) is 9.59 Å². The van der Waals surface area contributed by atoms with Gasteiger partial charge < -0.3 is 10.2 Å². The van der Waals surface area contributed by atoms with Crippen LogP contribution in [0.2, 0.25) is 10.0 Å². The number of carbonyl (C=O) groups is 2. The quantitative estimate of drug-likeness (QED) is 0.651. The second kappa shape index (κ2) is 10.6. The van der Waals surface area contributed by atoms with Crippen molar-refractivity contribution >= 4 is 35.0 Å². The Morgan fingerprint density at radius 3 is 2.29 bits per heavy atom. The van der Waals surface area contributed by atoms with Crippen molar-refractivity contribution in [2.24, 2.45) is 0 Å². The molecule has 0 fully saturated rings. The predicted octanol–water partition coefficient (Wildman–Crippen LogP) is 4.43. The number of nitrogens with one attached hydrogen (secondary N) is 1. The van der Waals surface area contributed by atoms with Gasteiger partial charge in [0, 0.05) is 35.1 Å². The number of unbranched alkanes of at least 4 members (excludes halogenated alkanes) is 1. The summed E-state index contributed by atoms with van der Waals surface area (Å²) in [5.41, 5.74) is 0.669. The summed E-state index contributed by atoms with van der Waals surface area (Å²) in [7, 11) is 0. The fraction of sp³-hybridized carbons (Fsp3) is 0.556. The Balaban J connectivity index is 3.02. The molecular weight excluding hydrogens is 347 g/mol. The maximum atomic E-state index is 12.5. The Morgan fingerprint density at radius 2 is 1.79 bits per heavy atom. The van der Waals surface area contributed by atoms with Gasteiger partial charge in [-0.15, -0.1) is 0 Å². The first-order valence-electron chi connectivity index (χ1n) is 8.46. The molecule has 0 unspecified atom stereocenters. The molecule has 1 aromatic rings. The molecule has 2 amide bonds. The Labute approximate surface area is 154 Å². The van der Waals surface area contributed by atoms with E-state index >= 15 is 0 Å². The Morgan fingerprint density at radius 1 is 1.17 bits per heavy atom. The highest BCUT2D eigenvalue weighted by molar-refractivity contribution is 6.36. The number of rotatable bonds is 9. The first-order chi connectivity index (χ1) is 11.5. The highest BCUT2D eigenvalue weighted by Gasteiger charge is 2.28. The fourth-order valence-corrected chi connectivity index (χ4v) is 3.00. The lowest BCUT2D eigenvalue weighted by molar-refractivity contribution is -0.141. The zero-order chi connectivity index (χ0) is 18.1. The number of hydrogen-bond donors (Lipinski definition) is 1. The second-order valence-corrected chi connectivity index (χ2v) is 6.46. The largest absolute Gasteiger partial charge is 0.354 e. The van der Waals surface area contributed by atoms with E-state index in [0.717, 1.165) is 12.8 Å². The molecule has 1 atom stereocenters. The van der Waals surface area contributed by atoms with E-state index in [1.165, 1.54) is 0 Å². The maximum absolute atomic E-state index is 12.5. The van der Waals surface area contributed by atoms with Crippen molar-refractivity contribution in [2.45, 2.75) is 59.0 Å². The number of benzene rings is 1. The Hall–Kier alpha value is -1.26. The summed E-state index contributed by atoms with van der Waals surface area (Å²) in [5, 5.41) is 3.91. The van der Waals surface area contributed by atoms with Gasteiger partial charge >= 0.3 is 0 Å². The highest BCUT2D eigenvalue weighted by atomic mass is 35.5. The fourth-order valence-electron chi connectivity index (χ4n) is 2.48.